The zero-order valence-corrected chi connectivity index (χ0v) is 19.5. The van der Waals surface area contributed by atoms with Crippen LogP contribution in [0.25, 0.3) is 33.7 Å². The largest absolute Gasteiger partial charge is 0.350 e. The van der Waals surface area contributed by atoms with E-state index in [-0.39, 0.29) is 11.7 Å². The number of benzene rings is 2. The fraction of sp³-hybridized carbons (Fsp3) is 0.240. The second kappa shape index (κ2) is 8.39. The summed E-state index contributed by atoms with van der Waals surface area (Å²) in [5.74, 6) is 0.607. The van der Waals surface area contributed by atoms with Gasteiger partial charge >= 0.3 is 6.01 Å². The number of anilines is 1. The van der Waals surface area contributed by atoms with E-state index >= 15 is 0 Å². The summed E-state index contributed by atoms with van der Waals surface area (Å²) in [4.78, 5) is 21.3. The molecule has 2 aromatic carbocycles. The van der Waals surface area contributed by atoms with Crippen LogP contribution in [-0.2, 0) is 14.1 Å². The molecule has 1 fully saturated rings. The van der Waals surface area contributed by atoms with Crippen LogP contribution in [0, 0.1) is 0 Å². The number of piperazine rings is 1. The average molecular weight is 471 g/mol. The second-order valence-electron chi connectivity index (χ2n) is 8.66. The quantitative estimate of drug-likeness (QED) is 0.373. The van der Waals surface area contributed by atoms with E-state index in [4.69, 9.17) is 9.05 Å². The number of imidazole rings is 1. The number of aryl methyl sites for hydroxylation is 2. The van der Waals surface area contributed by atoms with Gasteiger partial charge in [0.2, 0.25) is 17.9 Å². The molecular weight excluding hydrogens is 446 g/mol. The van der Waals surface area contributed by atoms with Gasteiger partial charge in [-0.2, -0.15) is 4.98 Å². The smallest absolute Gasteiger partial charge is 0.324 e. The molecule has 0 bridgehead atoms. The van der Waals surface area contributed by atoms with Crippen molar-refractivity contribution in [2.45, 2.75) is 0 Å². The van der Waals surface area contributed by atoms with Gasteiger partial charge in [0.25, 0.3) is 5.91 Å². The first-order valence-corrected chi connectivity index (χ1v) is 11.4. The predicted molar refractivity (Wildman–Crippen MR) is 127 cm³/mol. The van der Waals surface area contributed by atoms with Crippen LogP contribution in [0.2, 0.25) is 0 Å². The molecule has 1 aliphatic rings. The molecule has 35 heavy (non-hydrogen) atoms. The molecule has 10 heteroatoms. The Bertz CT molecular complexity index is 1510. The van der Waals surface area contributed by atoms with Crippen molar-refractivity contribution in [2.75, 3.05) is 31.1 Å². The Morgan fingerprint density at radius 1 is 0.943 bits per heavy atom. The molecule has 0 saturated carbocycles. The molecule has 1 aliphatic heterocycles. The minimum absolute atomic E-state index is 0.172. The van der Waals surface area contributed by atoms with Crippen molar-refractivity contribution in [2.24, 2.45) is 14.1 Å². The third-order valence-corrected chi connectivity index (χ3v) is 6.38. The fourth-order valence-electron chi connectivity index (χ4n) is 4.47. The molecule has 0 atom stereocenters. The Balaban J connectivity index is 1.12. The molecule has 1 saturated heterocycles. The summed E-state index contributed by atoms with van der Waals surface area (Å²) in [6.07, 6.45) is 2.03. The minimum atomic E-state index is -0.172. The Hall–Kier alpha value is -4.47. The third kappa shape index (κ3) is 3.82. The monoisotopic (exact) mass is 470 g/mol. The number of nitrogens with zero attached hydrogens (tertiary/aromatic N) is 7. The molecule has 5 aromatic rings. The van der Waals surface area contributed by atoms with E-state index in [0.717, 1.165) is 22.2 Å². The number of amides is 1. The SMILES string of the molecule is Cn1c[n+](C)c2ccc(-c3noc(N4CCN(C(=O)c5cc(-c6ccccc6)no5)CC4)n3)cc21. The number of hydrogen-bond acceptors (Lipinski definition) is 7. The van der Waals surface area contributed by atoms with Crippen molar-refractivity contribution in [3.05, 3.63) is 66.7 Å². The van der Waals surface area contributed by atoms with Gasteiger partial charge in [0.05, 0.1) is 14.1 Å². The molecule has 4 heterocycles. The third-order valence-electron chi connectivity index (χ3n) is 6.38. The van der Waals surface area contributed by atoms with Crippen LogP contribution in [0.15, 0.2) is 70.0 Å². The van der Waals surface area contributed by atoms with Crippen LogP contribution < -0.4 is 9.47 Å². The van der Waals surface area contributed by atoms with E-state index in [9.17, 15) is 4.79 Å². The van der Waals surface area contributed by atoms with Gasteiger partial charge in [0, 0.05) is 49.4 Å². The molecule has 3 aromatic heterocycles. The van der Waals surface area contributed by atoms with Crippen molar-refractivity contribution >= 4 is 23.0 Å². The highest BCUT2D eigenvalue weighted by Crippen LogP contribution is 2.24. The number of carbonyl (C=O) groups excluding carboxylic acids is 1. The summed E-state index contributed by atoms with van der Waals surface area (Å²) in [6.45, 7) is 2.20. The van der Waals surface area contributed by atoms with Crippen molar-refractivity contribution in [3.8, 4) is 22.6 Å². The van der Waals surface area contributed by atoms with E-state index in [1.807, 2.05) is 61.7 Å². The summed E-state index contributed by atoms with van der Waals surface area (Å²) >= 11 is 0. The summed E-state index contributed by atoms with van der Waals surface area (Å²) in [5, 5.41) is 8.24. The molecule has 6 rings (SSSR count). The van der Waals surface area contributed by atoms with Crippen LogP contribution in [0.3, 0.4) is 0 Å². The van der Waals surface area contributed by atoms with Crippen LogP contribution in [-0.4, -0.2) is 56.9 Å². The highest BCUT2D eigenvalue weighted by atomic mass is 16.5. The van der Waals surface area contributed by atoms with Crippen LogP contribution in [0.1, 0.15) is 10.6 Å². The van der Waals surface area contributed by atoms with Gasteiger partial charge in [-0.25, -0.2) is 9.13 Å². The average Bonchev–Trinajstić information content (AvgIpc) is 3.64. The maximum absolute atomic E-state index is 12.9. The fourth-order valence-corrected chi connectivity index (χ4v) is 4.47. The number of rotatable bonds is 4. The summed E-state index contributed by atoms with van der Waals surface area (Å²) in [6, 6.07) is 17.9. The Morgan fingerprint density at radius 2 is 1.74 bits per heavy atom. The van der Waals surface area contributed by atoms with E-state index in [1.165, 1.54) is 0 Å². The van der Waals surface area contributed by atoms with E-state index in [1.54, 1.807) is 11.0 Å². The van der Waals surface area contributed by atoms with Crippen LogP contribution in [0.5, 0.6) is 0 Å². The Labute approximate surface area is 201 Å². The van der Waals surface area contributed by atoms with Crippen LogP contribution in [0.4, 0.5) is 6.01 Å². The molecule has 0 spiro atoms. The summed E-state index contributed by atoms with van der Waals surface area (Å²) < 4.78 is 15.0. The van der Waals surface area contributed by atoms with Crippen LogP contribution >= 0.6 is 0 Å². The molecule has 10 nitrogen and oxygen atoms in total. The predicted octanol–water partition coefficient (Wildman–Crippen LogP) is 2.67. The summed E-state index contributed by atoms with van der Waals surface area (Å²) in [7, 11) is 4.03. The van der Waals surface area contributed by atoms with Gasteiger partial charge < -0.3 is 18.8 Å². The normalized spacial score (nSPS) is 14.1. The van der Waals surface area contributed by atoms with E-state index in [0.29, 0.717) is 43.7 Å². The van der Waals surface area contributed by atoms with Crippen molar-refractivity contribution in [3.63, 3.8) is 0 Å². The first-order valence-electron chi connectivity index (χ1n) is 11.4. The number of hydrogen-bond donors (Lipinski definition) is 0. The lowest BCUT2D eigenvalue weighted by Gasteiger charge is -2.32. The van der Waals surface area contributed by atoms with Gasteiger partial charge in [-0.05, 0) is 12.1 Å². The minimum Gasteiger partial charge on any atom is -0.350 e. The van der Waals surface area contributed by atoms with Gasteiger partial charge in [0.1, 0.15) is 5.69 Å². The molecule has 0 aliphatic carbocycles. The second-order valence-corrected chi connectivity index (χ2v) is 8.66. The van der Waals surface area contributed by atoms with Crippen molar-refractivity contribution < 1.29 is 18.4 Å². The zero-order chi connectivity index (χ0) is 23.9. The zero-order valence-electron chi connectivity index (χ0n) is 19.5. The topological polar surface area (TPSA) is 97.3 Å². The summed E-state index contributed by atoms with van der Waals surface area (Å²) in [5.41, 5.74) is 4.66. The highest BCUT2D eigenvalue weighted by Gasteiger charge is 2.27. The van der Waals surface area contributed by atoms with E-state index in [2.05, 4.69) is 36.6 Å². The first-order chi connectivity index (χ1) is 17.1. The van der Waals surface area contributed by atoms with Gasteiger partial charge in [-0.1, -0.05) is 40.6 Å². The lowest BCUT2D eigenvalue weighted by Crippen LogP contribution is -2.48. The first kappa shape index (κ1) is 21.1. The van der Waals surface area contributed by atoms with Gasteiger partial charge in [-0.3, -0.25) is 4.79 Å². The van der Waals surface area contributed by atoms with E-state index < -0.39 is 0 Å². The van der Waals surface area contributed by atoms with Crippen molar-refractivity contribution in [1.82, 2.24) is 24.8 Å². The molecule has 0 unspecified atom stereocenters. The maximum atomic E-state index is 12.9. The lowest BCUT2D eigenvalue weighted by molar-refractivity contribution is -0.645. The highest BCUT2D eigenvalue weighted by molar-refractivity contribution is 5.92. The Morgan fingerprint density at radius 3 is 2.54 bits per heavy atom. The lowest BCUT2D eigenvalue weighted by atomic mass is 10.1. The molecule has 0 N–H and O–H groups in total. The molecular formula is C25H24N7O3+. The number of aromatic nitrogens is 5. The standard InChI is InChI=1S/C25H24N7O3/c1-29-16-30(2)21-14-18(8-9-20(21)29)23-26-25(35-28-23)32-12-10-31(11-13-32)24(33)22-15-19(27-34-22)17-6-4-3-5-7-17/h3-9,14-16H,10-13H2,1-2H3/q+1. The number of fused-ring (bicyclic) bond motifs is 1. The molecule has 176 valence electrons. The van der Waals surface area contributed by atoms with Crippen molar-refractivity contribution in [1.29, 1.82) is 0 Å². The molecule has 1 amide bonds. The van der Waals surface area contributed by atoms with Gasteiger partial charge in [0.15, 0.2) is 11.0 Å². The van der Waals surface area contributed by atoms with Gasteiger partial charge in [-0.15, -0.1) is 0 Å². The number of carbonyl (C=O) groups is 1. The Kier molecular flexibility index (Phi) is 5.05. The maximum Gasteiger partial charge on any atom is 0.324 e. The molecule has 0 radical (unpaired) electrons.